The van der Waals surface area contributed by atoms with E-state index in [0.29, 0.717) is 5.57 Å². The Hall–Kier alpha value is -1.58. The maximum Gasteiger partial charge on any atom is 0.195 e. The first-order chi connectivity index (χ1) is 11.3. The van der Waals surface area contributed by atoms with Crippen LogP contribution >= 0.6 is 11.8 Å². The average molecular weight is 338 g/mol. The Morgan fingerprint density at radius 2 is 1.71 bits per heavy atom. The summed E-state index contributed by atoms with van der Waals surface area (Å²) in [6.07, 6.45) is 3.76. The van der Waals surface area contributed by atoms with E-state index in [-0.39, 0.29) is 11.2 Å². The van der Waals surface area contributed by atoms with E-state index in [9.17, 15) is 9.90 Å². The quantitative estimate of drug-likeness (QED) is 0.847. The summed E-state index contributed by atoms with van der Waals surface area (Å²) in [6.45, 7) is 7.94. The lowest BCUT2D eigenvalue weighted by atomic mass is 9.68. The Morgan fingerprint density at radius 1 is 1.08 bits per heavy atom. The van der Waals surface area contributed by atoms with Gasteiger partial charge in [-0.15, -0.1) is 0 Å². The minimum Gasteiger partial charge on any atom is -0.381 e. The van der Waals surface area contributed by atoms with E-state index in [1.54, 1.807) is 18.7 Å². The number of thioether (sulfide) groups is 1. The molecule has 0 saturated heterocycles. The summed E-state index contributed by atoms with van der Waals surface area (Å²) in [5.41, 5.74) is 3.70. The molecule has 0 radical (unpaired) electrons. The summed E-state index contributed by atoms with van der Waals surface area (Å²) in [4.78, 5) is 15.3. The van der Waals surface area contributed by atoms with Gasteiger partial charge >= 0.3 is 0 Å². The minimum atomic E-state index is -1.27. The van der Waals surface area contributed by atoms with Crippen LogP contribution in [-0.2, 0) is 4.79 Å². The minimum absolute atomic E-state index is 0.112. The number of carbonyl (C=O) groups is 1. The molecular weight excluding hydrogens is 316 g/mol. The van der Waals surface area contributed by atoms with Crippen molar-refractivity contribution >= 4 is 17.5 Å². The van der Waals surface area contributed by atoms with Crippen molar-refractivity contribution in [2.24, 2.45) is 5.41 Å². The van der Waals surface area contributed by atoms with Gasteiger partial charge in [0.1, 0.15) is 5.60 Å². The number of fused-ring (bicyclic) bond motifs is 1. The van der Waals surface area contributed by atoms with Crippen LogP contribution in [-0.4, -0.2) is 16.5 Å². The maximum absolute atomic E-state index is 12.9. The SMILES string of the molecule is CC1=C(Sc2ccc(C)cc2)C2=C(C)C3(CC3)[C@@](C)(O)C(=O)C2=C1. The smallest absolute Gasteiger partial charge is 0.195 e. The lowest BCUT2D eigenvalue weighted by molar-refractivity contribution is -0.137. The molecule has 1 saturated carbocycles. The van der Waals surface area contributed by atoms with E-state index in [0.717, 1.165) is 24.0 Å². The highest BCUT2D eigenvalue weighted by atomic mass is 32.2. The maximum atomic E-state index is 12.9. The van der Waals surface area contributed by atoms with Crippen molar-refractivity contribution in [3.8, 4) is 0 Å². The van der Waals surface area contributed by atoms with E-state index in [1.165, 1.54) is 20.9 Å². The molecule has 1 aromatic carbocycles. The van der Waals surface area contributed by atoms with Crippen LogP contribution < -0.4 is 0 Å². The van der Waals surface area contributed by atoms with E-state index in [1.807, 2.05) is 6.08 Å². The van der Waals surface area contributed by atoms with Gasteiger partial charge in [-0.05, 0) is 69.9 Å². The molecule has 3 heteroatoms. The lowest BCUT2D eigenvalue weighted by Crippen LogP contribution is -2.49. The molecule has 0 bridgehead atoms. The van der Waals surface area contributed by atoms with E-state index >= 15 is 0 Å². The average Bonchev–Trinajstić information content (AvgIpc) is 3.29. The second-order valence-electron chi connectivity index (χ2n) is 7.47. The van der Waals surface area contributed by atoms with Gasteiger partial charge in [0.25, 0.3) is 0 Å². The summed E-state index contributed by atoms with van der Waals surface area (Å²) in [5, 5.41) is 10.9. The standard InChI is InChI=1S/C21H22O2S/c1-12-5-7-15(8-6-12)24-18-13(2)11-16-17(18)14(3)21(9-10-21)20(4,23)19(16)22/h5-8,11,23H,9-10H2,1-4H3/t20-/m0/s1. The summed E-state index contributed by atoms with van der Waals surface area (Å²) < 4.78 is 0. The van der Waals surface area contributed by atoms with Crippen molar-refractivity contribution in [2.75, 3.05) is 0 Å². The topological polar surface area (TPSA) is 37.3 Å². The normalized spacial score (nSPS) is 27.7. The molecule has 1 spiro atoms. The molecule has 1 N–H and O–H groups in total. The second-order valence-corrected chi connectivity index (χ2v) is 8.55. The molecule has 3 aliphatic carbocycles. The molecule has 1 atom stereocenters. The van der Waals surface area contributed by atoms with Crippen LogP contribution in [0.2, 0.25) is 0 Å². The predicted octanol–water partition coefficient (Wildman–Crippen LogP) is 4.73. The van der Waals surface area contributed by atoms with Crippen LogP contribution in [0.1, 0.15) is 39.2 Å². The summed E-state index contributed by atoms with van der Waals surface area (Å²) in [5.74, 6) is -0.112. The highest BCUT2D eigenvalue weighted by Gasteiger charge is 2.65. The van der Waals surface area contributed by atoms with Gasteiger partial charge in [0, 0.05) is 20.8 Å². The van der Waals surface area contributed by atoms with Gasteiger partial charge in [0.2, 0.25) is 0 Å². The fourth-order valence-electron chi connectivity index (χ4n) is 4.15. The largest absolute Gasteiger partial charge is 0.381 e. The van der Waals surface area contributed by atoms with Gasteiger partial charge < -0.3 is 5.11 Å². The summed E-state index contributed by atoms with van der Waals surface area (Å²) in [7, 11) is 0. The van der Waals surface area contributed by atoms with E-state index in [2.05, 4.69) is 45.0 Å². The molecule has 4 rings (SSSR count). The molecule has 1 fully saturated rings. The number of aliphatic hydroxyl groups is 1. The number of hydrogen-bond acceptors (Lipinski definition) is 3. The molecule has 0 unspecified atom stereocenters. The molecule has 0 heterocycles. The van der Waals surface area contributed by atoms with Gasteiger partial charge in [0.05, 0.1) is 0 Å². The first-order valence-corrected chi connectivity index (χ1v) is 9.26. The number of Topliss-reactive ketones (excluding diaryl/α,β-unsaturated/α-hetero) is 1. The van der Waals surface area contributed by atoms with Gasteiger partial charge in [-0.2, -0.15) is 0 Å². The first-order valence-electron chi connectivity index (χ1n) is 8.44. The molecule has 2 nitrogen and oxygen atoms in total. The Kier molecular flexibility index (Phi) is 3.29. The van der Waals surface area contributed by atoms with Crippen molar-refractivity contribution in [1.82, 2.24) is 0 Å². The monoisotopic (exact) mass is 338 g/mol. The van der Waals surface area contributed by atoms with E-state index in [4.69, 9.17) is 0 Å². The number of rotatable bonds is 2. The number of ketones is 1. The first kappa shape index (κ1) is 15.9. The Morgan fingerprint density at radius 3 is 2.29 bits per heavy atom. The fraction of sp³-hybridized carbons (Fsp3) is 0.381. The van der Waals surface area contributed by atoms with Crippen molar-refractivity contribution < 1.29 is 9.90 Å². The van der Waals surface area contributed by atoms with Crippen LogP contribution in [0.25, 0.3) is 0 Å². The summed E-state index contributed by atoms with van der Waals surface area (Å²) in [6, 6.07) is 8.48. The van der Waals surface area contributed by atoms with Gasteiger partial charge in [-0.25, -0.2) is 0 Å². The van der Waals surface area contributed by atoms with Crippen LogP contribution in [0, 0.1) is 12.3 Å². The van der Waals surface area contributed by atoms with E-state index < -0.39 is 5.60 Å². The molecule has 0 aliphatic heterocycles. The van der Waals surface area contributed by atoms with Crippen LogP contribution in [0.5, 0.6) is 0 Å². The predicted molar refractivity (Wildman–Crippen MR) is 97.8 cm³/mol. The zero-order valence-corrected chi connectivity index (χ0v) is 15.4. The van der Waals surface area contributed by atoms with Crippen molar-refractivity contribution in [2.45, 2.75) is 51.0 Å². The Labute approximate surface area is 147 Å². The Bertz CT molecular complexity index is 846. The molecule has 3 aliphatic rings. The number of carbonyl (C=O) groups excluding carboxylic acids is 1. The fourth-order valence-corrected chi connectivity index (χ4v) is 5.24. The second kappa shape index (κ2) is 4.96. The number of benzene rings is 1. The third-order valence-corrected chi connectivity index (χ3v) is 7.16. The van der Waals surface area contributed by atoms with Crippen molar-refractivity contribution in [3.63, 3.8) is 0 Å². The third kappa shape index (κ3) is 1.98. The van der Waals surface area contributed by atoms with Crippen molar-refractivity contribution in [1.29, 1.82) is 0 Å². The van der Waals surface area contributed by atoms with Gasteiger partial charge in [0.15, 0.2) is 5.78 Å². The van der Waals surface area contributed by atoms with Crippen LogP contribution in [0.3, 0.4) is 0 Å². The van der Waals surface area contributed by atoms with Crippen LogP contribution in [0.15, 0.2) is 62.4 Å². The zero-order chi connectivity index (χ0) is 17.3. The third-order valence-electron chi connectivity index (χ3n) is 5.92. The number of aryl methyl sites for hydroxylation is 1. The molecule has 0 aromatic heterocycles. The number of hydrogen-bond donors (Lipinski definition) is 1. The molecular formula is C21H22O2S. The highest BCUT2D eigenvalue weighted by molar-refractivity contribution is 8.03. The Balaban J connectivity index is 1.80. The van der Waals surface area contributed by atoms with Crippen LogP contribution in [0.4, 0.5) is 0 Å². The molecule has 24 heavy (non-hydrogen) atoms. The van der Waals surface area contributed by atoms with Crippen molar-refractivity contribution in [3.05, 3.63) is 63.1 Å². The molecule has 124 valence electrons. The molecule has 1 aromatic rings. The molecule has 0 amide bonds. The highest BCUT2D eigenvalue weighted by Crippen LogP contribution is 2.65. The number of allylic oxidation sites excluding steroid dienone is 3. The zero-order valence-electron chi connectivity index (χ0n) is 14.6. The van der Waals surface area contributed by atoms with Gasteiger partial charge in [-0.1, -0.05) is 35.0 Å². The lowest BCUT2D eigenvalue weighted by Gasteiger charge is -2.39. The van der Waals surface area contributed by atoms with Gasteiger partial charge in [-0.3, -0.25) is 4.79 Å². The summed E-state index contributed by atoms with van der Waals surface area (Å²) >= 11 is 1.72.